The number of rotatable bonds is 3. The lowest BCUT2D eigenvalue weighted by molar-refractivity contribution is 0.192. The van der Waals surface area contributed by atoms with Gasteiger partial charge in [-0.2, -0.15) is 0 Å². The molecule has 18 heavy (non-hydrogen) atoms. The molecule has 0 saturated heterocycles. The summed E-state index contributed by atoms with van der Waals surface area (Å²) in [6.45, 7) is 2.58. The van der Waals surface area contributed by atoms with E-state index >= 15 is 0 Å². The Kier molecular flexibility index (Phi) is 4.62. The Morgan fingerprint density at radius 3 is 2.61 bits per heavy atom. The standard InChI is InChI=1S/C14H21BrN2O/c1-11-8-12(15)9-17-13(11)18-10-14(16)6-4-2-3-5-7-14/h8-9H,2-7,10,16H2,1H3. The Labute approximate surface area is 117 Å². The first-order valence-electron chi connectivity index (χ1n) is 6.63. The Morgan fingerprint density at radius 2 is 2.00 bits per heavy atom. The van der Waals surface area contributed by atoms with Crippen LogP contribution >= 0.6 is 15.9 Å². The van der Waals surface area contributed by atoms with Crippen LogP contribution in [0.25, 0.3) is 0 Å². The topological polar surface area (TPSA) is 48.1 Å². The number of aryl methyl sites for hydroxylation is 1. The van der Waals surface area contributed by atoms with Gasteiger partial charge in [-0.25, -0.2) is 4.98 Å². The molecule has 1 fully saturated rings. The first kappa shape index (κ1) is 13.8. The van der Waals surface area contributed by atoms with Crippen LogP contribution in [0.2, 0.25) is 0 Å². The van der Waals surface area contributed by atoms with Crippen LogP contribution in [0.3, 0.4) is 0 Å². The molecule has 3 nitrogen and oxygen atoms in total. The lowest BCUT2D eigenvalue weighted by Gasteiger charge is -2.27. The van der Waals surface area contributed by atoms with Gasteiger partial charge in [-0.1, -0.05) is 25.7 Å². The third-order valence-corrected chi connectivity index (χ3v) is 4.03. The summed E-state index contributed by atoms with van der Waals surface area (Å²) in [5, 5.41) is 0. The lowest BCUT2D eigenvalue weighted by atomic mass is 9.93. The zero-order chi connectivity index (χ0) is 13.0. The van der Waals surface area contributed by atoms with Crippen LogP contribution in [0.1, 0.15) is 44.1 Å². The van der Waals surface area contributed by atoms with E-state index < -0.39 is 0 Å². The minimum Gasteiger partial charge on any atom is -0.476 e. The fourth-order valence-corrected chi connectivity index (χ4v) is 2.91. The number of ether oxygens (including phenoxy) is 1. The van der Waals surface area contributed by atoms with Crippen molar-refractivity contribution in [3.63, 3.8) is 0 Å². The van der Waals surface area contributed by atoms with Crippen LogP contribution in [0.4, 0.5) is 0 Å². The van der Waals surface area contributed by atoms with Gasteiger partial charge in [-0.3, -0.25) is 0 Å². The Balaban J connectivity index is 1.97. The van der Waals surface area contributed by atoms with Crippen LogP contribution in [0.5, 0.6) is 5.88 Å². The summed E-state index contributed by atoms with van der Waals surface area (Å²) >= 11 is 3.40. The second kappa shape index (κ2) is 6.02. The summed E-state index contributed by atoms with van der Waals surface area (Å²) in [4.78, 5) is 4.29. The fraction of sp³-hybridized carbons (Fsp3) is 0.643. The van der Waals surface area contributed by atoms with Crippen LogP contribution in [-0.4, -0.2) is 17.1 Å². The summed E-state index contributed by atoms with van der Waals surface area (Å²) in [5.74, 6) is 0.701. The summed E-state index contributed by atoms with van der Waals surface area (Å²) in [6.07, 6.45) is 8.91. The Bertz CT molecular complexity index is 401. The molecule has 1 heterocycles. The second-order valence-electron chi connectivity index (χ2n) is 5.34. The van der Waals surface area contributed by atoms with Gasteiger partial charge in [0.25, 0.3) is 0 Å². The molecule has 0 atom stereocenters. The van der Waals surface area contributed by atoms with Gasteiger partial charge in [0.1, 0.15) is 6.61 Å². The average Bonchev–Trinajstić information content (AvgIpc) is 2.54. The summed E-state index contributed by atoms with van der Waals surface area (Å²) in [7, 11) is 0. The molecule has 1 aliphatic rings. The van der Waals surface area contributed by atoms with E-state index in [0.29, 0.717) is 12.5 Å². The smallest absolute Gasteiger partial charge is 0.216 e. The van der Waals surface area contributed by atoms with E-state index in [1.165, 1.54) is 25.7 Å². The van der Waals surface area contributed by atoms with Gasteiger partial charge in [-0.15, -0.1) is 0 Å². The normalized spacial score (nSPS) is 19.3. The summed E-state index contributed by atoms with van der Waals surface area (Å²) < 4.78 is 6.81. The third kappa shape index (κ3) is 3.69. The lowest BCUT2D eigenvalue weighted by Crippen LogP contribution is -2.45. The Hall–Kier alpha value is -0.610. The van der Waals surface area contributed by atoms with E-state index in [0.717, 1.165) is 22.9 Å². The molecule has 0 spiro atoms. The van der Waals surface area contributed by atoms with Crippen molar-refractivity contribution < 1.29 is 4.74 Å². The number of hydrogen-bond donors (Lipinski definition) is 1. The predicted molar refractivity (Wildman–Crippen MR) is 76.8 cm³/mol. The van der Waals surface area contributed by atoms with E-state index in [1.807, 2.05) is 13.0 Å². The van der Waals surface area contributed by atoms with E-state index in [-0.39, 0.29) is 5.54 Å². The number of aromatic nitrogens is 1. The van der Waals surface area contributed by atoms with E-state index in [9.17, 15) is 0 Å². The predicted octanol–water partition coefficient (Wildman–Crippen LogP) is 3.58. The highest BCUT2D eigenvalue weighted by atomic mass is 79.9. The van der Waals surface area contributed by atoms with Crippen molar-refractivity contribution in [2.24, 2.45) is 5.73 Å². The van der Waals surface area contributed by atoms with Crippen molar-refractivity contribution in [3.8, 4) is 5.88 Å². The van der Waals surface area contributed by atoms with Gasteiger partial charge in [-0.05, 0) is 41.8 Å². The number of halogens is 1. The molecular weight excluding hydrogens is 292 g/mol. The minimum atomic E-state index is -0.169. The molecule has 0 bridgehead atoms. The van der Waals surface area contributed by atoms with Crippen molar-refractivity contribution in [1.82, 2.24) is 4.98 Å². The monoisotopic (exact) mass is 312 g/mol. The van der Waals surface area contributed by atoms with Gasteiger partial charge in [0.05, 0.1) is 5.54 Å². The fourth-order valence-electron chi connectivity index (χ4n) is 2.47. The average molecular weight is 313 g/mol. The Morgan fingerprint density at radius 1 is 1.33 bits per heavy atom. The number of nitrogens with zero attached hydrogens (tertiary/aromatic N) is 1. The van der Waals surface area contributed by atoms with Gasteiger partial charge in [0.2, 0.25) is 5.88 Å². The van der Waals surface area contributed by atoms with Crippen molar-refractivity contribution >= 4 is 15.9 Å². The zero-order valence-electron chi connectivity index (χ0n) is 10.9. The number of hydrogen-bond acceptors (Lipinski definition) is 3. The largest absolute Gasteiger partial charge is 0.476 e. The minimum absolute atomic E-state index is 0.169. The molecule has 0 unspecified atom stereocenters. The molecule has 0 amide bonds. The van der Waals surface area contributed by atoms with Crippen LogP contribution in [0.15, 0.2) is 16.7 Å². The molecule has 4 heteroatoms. The van der Waals surface area contributed by atoms with Gasteiger partial charge in [0.15, 0.2) is 0 Å². The summed E-state index contributed by atoms with van der Waals surface area (Å²) in [6, 6.07) is 2.01. The van der Waals surface area contributed by atoms with Crippen LogP contribution in [0, 0.1) is 6.92 Å². The molecule has 1 aliphatic carbocycles. The molecule has 2 rings (SSSR count). The quantitative estimate of drug-likeness (QED) is 0.868. The van der Waals surface area contributed by atoms with E-state index in [1.54, 1.807) is 6.20 Å². The molecule has 1 aromatic heterocycles. The maximum atomic E-state index is 6.42. The first-order valence-corrected chi connectivity index (χ1v) is 7.42. The third-order valence-electron chi connectivity index (χ3n) is 3.59. The number of nitrogens with two attached hydrogens (primary N) is 1. The van der Waals surface area contributed by atoms with Crippen LogP contribution < -0.4 is 10.5 Å². The van der Waals surface area contributed by atoms with Crippen LogP contribution in [-0.2, 0) is 0 Å². The highest BCUT2D eigenvalue weighted by molar-refractivity contribution is 9.10. The molecule has 1 saturated carbocycles. The van der Waals surface area contributed by atoms with Crippen molar-refractivity contribution in [2.45, 2.75) is 51.0 Å². The van der Waals surface area contributed by atoms with Gasteiger partial charge < -0.3 is 10.5 Å². The maximum absolute atomic E-state index is 6.42. The highest BCUT2D eigenvalue weighted by Gasteiger charge is 2.27. The highest BCUT2D eigenvalue weighted by Crippen LogP contribution is 2.26. The SMILES string of the molecule is Cc1cc(Br)cnc1OCC1(N)CCCCCC1. The zero-order valence-corrected chi connectivity index (χ0v) is 12.5. The molecule has 2 N–H and O–H groups in total. The summed E-state index contributed by atoms with van der Waals surface area (Å²) in [5.41, 5.74) is 7.30. The molecule has 0 aromatic carbocycles. The molecule has 0 radical (unpaired) electrons. The van der Waals surface area contributed by atoms with Crippen molar-refractivity contribution in [2.75, 3.05) is 6.61 Å². The molecular formula is C14H21BrN2O. The number of pyridine rings is 1. The van der Waals surface area contributed by atoms with Gasteiger partial charge in [0, 0.05) is 16.2 Å². The van der Waals surface area contributed by atoms with Crippen molar-refractivity contribution in [3.05, 3.63) is 22.3 Å². The molecule has 1 aromatic rings. The molecule has 0 aliphatic heterocycles. The first-order chi connectivity index (χ1) is 8.59. The molecule has 100 valence electrons. The van der Waals surface area contributed by atoms with Gasteiger partial charge >= 0.3 is 0 Å². The van der Waals surface area contributed by atoms with Crippen molar-refractivity contribution in [1.29, 1.82) is 0 Å². The maximum Gasteiger partial charge on any atom is 0.216 e. The second-order valence-corrected chi connectivity index (χ2v) is 6.26. The van der Waals surface area contributed by atoms with E-state index in [4.69, 9.17) is 10.5 Å². The van der Waals surface area contributed by atoms with E-state index in [2.05, 4.69) is 20.9 Å².